The minimum atomic E-state index is -1.52. The minimum absolute atomic E-state index is 0.491. The van der Waals surface area contributed by atoms with Gasteiger partial charge in [-0.2, -0.15) is 0 Å². The van der Waals surface area contributed by atoms with Gasteiger partial charge in [0.25, 0.3) is 0 Å². The fourth-order valence-electron chi connectivity index (χ4n) is 1.17. The van der Waals surface area contributed by atoms with Crippen LogP contribution in [-0.4, -0.2) is 28.6 Å². The Hall–Kier alpha value is -1.68. The number of carbonyl (C=O) groups excluding carboxylic acids is 1. The van der Waals surface area contributed by atoms with Crippen LogP contribution in [0.25, 0.3) is 0 Å². The van der Waals surface area contributed by atoms with Crippen molar-refractivity contribution in [3.05, 3.63) is 35.9 Å². The lowest BCUT2D eigenvalue weighted by Crippen LogP contribution is -2.24. The van der Waals surface area contributed by atoms with E-state index in [0.29, 0.717) is 5.56 Å². The number of carboxylic acids is 1. The third kappa shape index (κ3) is 2.17. The van der Waals surface area contributed by atoms with Crippen molar-refractivity contribution in [1.82, 2.24) is 0 Å². The van der Waals surface area contributed by atoms with Crippen molar-refractivity contribution in [3.8, 4) is 0 Å². The van der Waals surface area contributed by atoms with E-state index in [1.807, 2.05) is 0 Å². The predicted octanol–water partition coefficient (Wildman–Crippen LogP) is 0.416. The number of rotatable bonds is 4. The highest BCUT2D eigenvalue weighted by molar-refractivity contribution is 6.35. The maximum atomic E-state index is 11.1. The Morgan fingerprint density at radius 3 is 2.21 bits per heavy atom. The minimum Gasteiger partial charge on any atom is -0.475 e. The Kier molecular flexibility index (Phi) is 3.36. The second-order valence-electron chi connectivity index (χ2n) is 2.82. The van der Waals surface area contributed by atoms with Crippen molar-refractivity contribution in [2.75, 3.05) is 6.61 Å². The summed E-state index contributed by atoms with van der Waals surface area (Å²) in [5, 5.41) is 17.4. The van der Waals surface area contributed by atoms with Crippen LogP contribution in [0.4, 0.5) is 0 Å². The lowest BCUT2D eigenvalue weighted by Gasteiger charge is -2.09. The first kappa shape index (κ1) is 10.4. The molecule has 0 saturated carbocycles. The molecular formula is C10H10O4. The zero-order valence-corrected chi connectivity index (χ0v) is 7.38. The van der Waals surface area contributed by atoms with Crippen LogP contribution in [0.2, 0.25) is 0 Å². The zero-order chi connectivity index (χ0) is 10.6. The van der Waals surface area contributed by atoms with Gasteiger partial charge >= 0.3 is 5.97 Å². The zero-order valence-electron chi connectivity index (χ0n) is 7.38. The number of aliphatic hydroxyl groups is 1. The molecule has 2 N–H and O–H groups in total. The average Bonchev–Trinajstić information content (AvgIpc) is 2.20. The van der Waals surface area contributed by atoms with Gasteiger partial charge in [-0.1, -0.05) is 30.3 Å². The molecule has 0 aliphatic rings. The van der Waals surface area contributed by atoms with Crippen LogP contribution in [0, 0.1) is 0 Å². The van der Waals surface area contributed by atoms with Gasteiger partial charge in [-0.25, -0.2) is 4.79 Å². The van der Waals surface area contributed by atoms with Crippen molar-refractivity contribution in [3.63, 3.8) is 0 Å². The van der Waals surface area contributed by atoms with Gasteiger partial charge in [-0.15, -0.1) is 0 Å². The number of carbonyl (C=O) groups is 2. The van der Waals surface area contributed by atoms with Gasteiger partial charge in [0, 0.05) is 0 Å². The first-order valence-corrected chi connectivity index (χ1v) is 4.09. The summed E-state index contributed by atoms with van der Waals surface area (Å²) >= 11 is 0. The molecule has 74 valence electrons. The van der Waals surface area contributed by atoms with Gasteiger partial charge < -0.3 is 10.2 Å². The molecule has 1 aromatic rings. The van der Waals surface area contributed by atoms with E-state index in [1.165, 1.54) is 0 Å². The molecule has 14 heavy (non-hydrogen) atoms. The van der Waals surface area contributed by atoms with Gasteiger partial charge in [0.1, 0.15) is 0 Å². The molecule has 0 saturated heterocycles. The van der Waals surface area contributed by atoms with Crippen molar-refractivity contribution < 1.29 is 19.8 Å². The summed E-state index contributed by atoms with van der Waals surface area (Å²) in [6, 6.07) is 8.35. The number of hydrogen-bond acceptors (Lipinski definition) is 3. The van der Waals surface area contributed by atoms with Gasteiger partial charge in [0.05, 0.1) is 12.5 Å². The average molecular weight is 194 g/mol. The molecule has 0 radical (unpaired) electrons. The van der Waals surface area contributed by atoms with Crippen LogP contribution in [0.1, 0.15) is 11.5 Å². The molecule has 0 spiro atoms. The number of aliphatic hydroxyl groups excluding tert-OH is 1. The van der Waals surface area contributed by atoms with E-state index in [4.69, 9.17) is 10.2 Å². The number of hydrogen-bond donors (Lipinski definition) is 2. The SMILES string of the molecule is O=C(O)C(=O)C(CO)c1ccccc1. The largest absolute Gasteiger partial charge is 0.475 e. The van der Waals surface area contributed by atoms with Crippen LogP contribution in [0.5, 0.6) is 0 Å². The molecule has 1 aromatic carbocycles. The normalized spacial score (nSPS) is 12.1. The molecule has 0 aliphatic heterocycles. The fraction of sp³-hybridized carbons (Fsp3) is 0.200. The number of benzene rings is 1. The van der Waals surface area contributed by atoms with E-state index in [-0.39, 0.29) is 0 Å². The molecule has 0 aromatic heterocycles. The second kappa shape index (κ2) is 4.53. The Balaban J connectivity index is 2.93. The van der Waals surface area contributed by atoms with Crippen LogP contribution < -0.4 is 0 Å². The summed E-state index contributed by atoms with van der Waals surface area (Å²) in [4.78, 5) is 21.5. The van der Waals surface area contributed by atoms with Gasteiger partial charge in [0.2, 0.25) is 5.78 Å². The maximum Gasteiger partial charge on any atom is 0.372 e. The van der Waals surface area contributed by atoms with E-state index in [2.05, 4.69) is 0 Å². The molecule has 0 fully saturated rings. The summed E-state index contributed by atoms with van der Waals surface area (Å²) in [6.45, 7) is -0.491. The fourth-order valence-corrected chi connectivity index (χ4v) is 1.17. The molecule has 0 aliphatic carbocycles. The quantitative estimate of drug-likeness (QED) is 0.681. The number of aliphatic carboxylic acids is 1. The van der Waals surface area contributed by atoms with Crippen molar-refractivity contribution in [1.29, 1.82) is 0 Å². The highest BCUT2D eigenvalue weighted by atomic mass is 16.4. The van der Waals surface area contributed by atoms with Crippen LogP contribution in [-0.2, 0) is 9.59 Å². The standard InChI is InChI=1S/C10H10O4/c11-6-8(9(12)10(13)14)7-4-2-1-3-5-7/h1-5,8,11H,6H2,(H,13,14). The number of ketones is 1. The lowest BCUT2D eigenvalue weighted by atomic mass is 9.96. The number of carboxylic acid groups (broad SMARTS) is 1. The van der Waals surface area contributed by atoms with Crippen LogP contribution >= 0.6 is 0 Å². The van der Waals surface area contributed by atoms with Gasteiger partial charge in [0.15, 0.2) is 0 Å². The van der Waals surface area contributed by atoms with E-state index >= 15 is 0 Å². The number of Topliss-reactive ketones (excluding diaryl/α,β-unsaturated/α-hetero) is 1. The summed E-state index contributed by atoms with van der Waals surface area (Å²) in [7, 11) is 0. The topological polar surface area (TPSA) is 74.6 Å². The Bertz CT molecular complexity index is 331. The predicted molar refractivity (Wildman–Crippen MR) is 48.9 cm³/mol. The maximum absolute atomic E-state index is 11.1. The molecule has 1 rings (SSSR count). The molecule has 4 heteroatoms. The summed E-state index contributed by atoms with van der Waals surface area (Å²) < 4.78 is 0. The van der Waals surface area contributed by atoms with Crippen molar-refractivity contribution >= 4 is 11.8 Å². The molecule has 1 atom stereocenters. The lowest BCUT2D eigenvalue weighted by molar-refractivity contribution is -0.150. The van der Waals surface area contributed by atoms with Crippen molar-refractivity contribution in [2.24, 2.45) is 0 Å². The first-order chi connectivity index (χ1) is 6.66. The summed E-state index contributed by atoms with van der Waals surface area (Å²) in [5.41, 5.74) is 0.516. The second-order valence-corrected chi connectivity index (χ2v) is 2.82. The van der Waals surface area contributed by atoms with Crippen LogP contribution in [0.3, 0.4) is 0 Å². The smallest absolute Gasteiger partial charge is 0.372 e. The third-order valence-electron chi connectivity index (χ3n) is 1.91. The van der Waals surface area contributed by atoms with E-state index in [0.717, 1.165) is 0 Å². The molecular weight excluding hydrogens is 184 g/mol. The molecule has 0 bridgehead atoms. The molecule has 4 nitrogen and oxygen atoms in total. The van der Waals surface area contributed by atoms with Gasteiger partial charge in [-0.05, 0) is 5.56 Å². The Morgan fingerprint density at radius 1 is 1.21 bits per heavy atom. The summed E-state index contributed by atoms with van der Waals surface area (Å²) in [6.07, 6.45) is 0. The molecule has 1 unspecified atom stereocenters. The summed E-state index contributed by atoms with van der Waals surface area (Å²) in [5.74, 6) is -3.47. The highest BCUT2D eigenvalue weighted by Gasteiger charge is 2.25. The van der Waals surface area contributed by atoms with Gasteiger partial charge in [-0.3, -0.25) is 4.79 Å². The Labute approximate surface area is 80.8 Å². The Morgan fingerprint density at radius 2 is 1.79 bits per heavy atom. The monoisotopic (exact) mass is 194 g/mol. The molecule has 0 heterocycles. The van der Waals surface area contributed by atoms with E-state index < -0.39 is 24.3 Å². The van der Waals surface area contributed by atoms with Crippen LogP contribution in [0.15, 0.2) is 30.3 Å². The first-order valence-electron chi connectivity index (χ1n) is 4.09. The highest BCUT2D eigenvalue weighted by Crippen LogP contribution is 2.15. The van der Waals surface area contributed by atoms with Crippen molar-refractivity contribution in [2.45, 2.75) is 5.92 Å². The third-order valence-corrected chi connectivity index (χ3v) is 1.91. The van der Waals surface area contributed by atoms with E-state index in [1.54, 1.807) is 30.3 Å². The molecule has 0 amide bonds. The van der Waals surface area contributed by atoms with E-state index in [9.17, 15) is 9.59 Å².